The minimum absolute atomic E-state index is 0.0150. The Hall–Kier alpha value is -1.91. The van der Waals surface area contributed by atoms with Crippen LogP contribution in [-0.4, -0.2) is 23.5 Å². The third kappa shape index (κ3) is 4.54. The zero-order valence-corrected chi connectivity index (χ0v) is 9.01. The van der Waals surface area contributed by atoms with Crippen LogP contribution in [0, 0.1) is 0 Å². The Morgan fingerprint density at radius 1 is 1.19 bits per heavy atom. The molecule has 0 atom stereocenters. The van der Waals surface area contributed by atoms with Crippen molar-refractivity contribution in [3.05, 3.63) is 24.5 Å². The van der Waals surface area contributed by atoms with Crippen molar-refractivity contribution in [2.24, 2.45) is 0 Å². The lowest BCUT2D eigenvalue weighted by Crippen LogP contribution is -2.12. The number of ether oxygens (including phenoxy) is 2. The summed E-state index contributed by atoms with van der Waals surface area (Å²) in [5.74, 6) is -0.433. The summed E-state index contributed by atoms with van der Waals surface area (Å²) in [6, 6.07) is 3.14. The van der Waals surface area contributed by atoms with E-state index in [1.54, 1.807) is 19.1 Å². The molecule has 1 heterocycles. The monoisotopic (exact) mass is 223 g/mol. The van der Waals surface area contributed by atoms with E-state index >= 15 is 0 Å². The molecule has 5 heteroatoms. The molecule has 0 saturated heterocycles. The smallest absolute Gasteiger partial charge is 0.311 e. The summed E-state index contributed by atoms with van der Waals surface area (Å²) in [7, 11) is 0. The van der Waals surface area contributed by atoms with Crippen LogP contribution in [0.2, 0.25) is 0 Å². The molecule has 0 fully saturated rings. The van der Waals surface area contributed by atoms with Crippen LogP contribution in [0.3, 0.4) is 0 Å². The summed E-state index contributed by atoms with van der Waals surface area (Å²) >= 11 is 0. The highest BCUT2D eigenvalue weighted by atomic mass is 16.5. The summed E-state index contributed by atoms with van der Waals surface area (Å²) < 4.78 is 9.64. The molecule has 0 radical (unpaired) electrons. The van der Waals surface area contributed by atoms with E-state index in [1.807, 2.05) is 0 Å². The molecular formula is C11H13NO4. The lowest BCUT2D eigenvalue weighted by atomic mass is 10.3. The van der Waals surface area contributed by atoms with Gasteiger partial charge in [0.2, 0.25) is 0 Å². The van der Waals surface area contributed by atoms with Gasteiger partial charge >= 0.3 is 11.9 Å². The van der Waals surface area contributed by atoms with Gasteiger partial charge in [-0.25, -0.2) is 0 Å². The summed E-state index contributed by atoms with van der Waals surface area (Å²) in [5, 5.41) is 0. The zero-order valence-electron chi connectivity index (χ0n) is 9.01. The first kappa shape index (κ1) is 12.2. The number of hydrogen-bond donors (Lipinski definition) is 0. The topological polar surface area (TPSA) is 65.5 Å². The van der Waals surface area contributed by atoms with Crippen molar-refractivity contribution in [1.29, 1.82) is 0 Å². The fourth-order valence-electron chi connectivity index (χ4n) is 1.03. The van der Waals surface area contributed by atoms with Crippen molar-refractivity contribution < 1.29 is 19.1 Å². The molecule has 0 amide bonds. The van der Waals surface area contributed by atoms with Crippen LogP contribution in [-0.2, 0) is 14.3 Å². The molecule has 0 aliphatic heterocycles. The van der Waals surface area contributed by atoms with Gasteiger partial charge in [-0.1, -0.05) is 0 Å². The van der Waals surface area contributed by atoms with Crippen LogP contribution in [0.15, 0.2) is 24.5 Å². The van der Waals surface area contributed by atoms with Gasteiger partial charge in [-0.15, -0.1) is 0 Å². The van der Waals surface area contributed by atoms with Gasteiger partial charge in [0.15, 0.2) is 0 Å². The number of aromatic nitrogens is 1. The van der Waals surface area contributed by atoms with Crippen LogP contribution in [0.25, 0.3) is 0 Å². The van der Waals surface area contributed by atoms with Gasteiger partial charge in [0.1, 0.15) is 5.75 Å². The predicted molar refractivity (Wildman–Crippen MR) is 55.7 cm³/mol. The highest BCUT2D eigenvalue weighted by Crippen LogP contribution is 2.08. The average molecular weight is 223 g/mol. The first-order chi connectivity index (χ1) is 7.72. The Bertz CT molecular complexity index is 350. The van der Waals surface area contributed by atoms with Crippen molar-refractivity contribution in [3.8, 4) is 5.75 Å². The lowest BCUT2D eigenvalue weighted by molar-refractivity contribution is -0.146. The second-order valence-electron chi connectivity index (χ2n) is 2.96. The number of hydrogen-bond acceptors (Lipinski definition) is 5. The molecule has 86 valence electrons. The Kier molecular flexibility index (Phi) is 4.98. The van der Waals surface area contributed by atoms with Gasteiger partial charge in [0, 0.05) is 12.4 Å². The van der Waals surface area contributed by atoms with Gasteiger partial charge in [0.25, 0.3) is 0 Å². The van der Waals surface area contributed by atoms with Crippen LogP contribution < -0.4 is 4.74 Å². The van der Waals surface area contributed by atoms with Gasteiger partial charge in [-0.3, -0.25) is 14.6 Å². The maximum atomic E-state index is 11.3. The van der Waals surface area contributed by atoms with Gasteiger partial charge in [0.05, 0.1) is 19.4 Å². The first-order valence-electron chi connectivity index (χ1n) is 4.98. The Labute approximate surface area is 93.4 Å². The van der Waals surface area contributed by atoms with Crippen molar-refractivity contribution in [1.82, 2.24) is 4.98 Å². The average Bonchev–Trinajstić information content (AvgIpc) is 2.28. The molecular weight excluding hydrogens is 210 g/mol. The standard InChI is InChI=1S/C11H13NO4/c1-2-15-10(13)3-4-11(14)16-9-5-7-12-8-6-9/h5-8H,2-4H2,1H3. The third-order valence-electron chi connectivity index (χ3n) is 1.72. The van der Waals surface area contributed by atoms with Crippen molar-refractivity contribution in [2.45, 2.75) is 19.8 Å². The Morgan fingerprint density at radius 3 is 2.44 bits per heavy atom. The number of carbonyl (C=O) groups is 2. The van der Waals surface area contributed by atoms with Crippen LogP contribution >= 0.6 is 0 Å². The molecule has 0 aromatic carbocycles. The van der Waals surface area contributed by atoms with Crippen molar-refractivity contribution in [2.75, 3.05) is 6.61 Å². The number of pyridine rings is 1. The van der Waals surface area contributed by atoms with Crippen molar-refractivity contribution >= 4 is 11.9 Å². The molecule has 5 nitrogen and oxygen atoms in total. The van der Waals surface area contributed by atoms with E-state index in [9.17, 15) is 9.59 Å². The normalized spacial score (nSPS) is 9.56. The van der Waals surface area contributed by atoms with E-state index in [4.69, 9.17) is 4.74 Å². The van der Waals surface area contributed by atoms with E-state index < -0.39 is 11.9 Å². The van der Waals surface area contributed by atoms with E-state index in [2.05, 4.69) is 9.72 Å². The minimum atomic E-state index is -0.459. The molecule has 0 aliphatic rings. The molecule has 0 aliphatic carbocycles. The zero-order chi connectivity index (χ0) is 11.8. The minimum Gasteiger partial charge on any atom is -0.466 e. The fraction of sp³-hybridized carbons (Fsp3) is 0.364. The highest BCUT2D eigenvalue weighted by Gasteiger charge is 2.09. The second kappa shape index (κ2) is 6.55. The van der Waals surface area contributed by atoms with E-state index in [0.29, 0.717) is 12.4 Å². The molecule has 0 saturated carbocycles. The van der Waals surface area contributed by atoms with Crippen LogP contribution in [0.4, 0.5) is 0 Å². The molecule has 16 heavy (non-hydrogen) atoms. The molecule has 1 rings (SSSR count). The molecule has 0 bridgehead atoms. The van der Waals surface area contributed by atoms with Crippen LogP contribution in [0.5, 0.6) is 5.75 Å². The second-order valence-corrected chi connectivity index (χ2v) is 2.96. The predicted octanol–water partition coefficient (Wildman–Crippen LogP) is 1.33. The molecule has 0 spiro atoms. The van der Waals surface area contributed by atoms with E-state index in [-0.39, 0.29) is 12.8 Å². The van der Waals surface area contributed by atoms with Gasteiger partial charge in [-0.05, 0) is 19.1 Å². The number of rotatable bonds is 5. The SMILES string of the molecule is CCOC(=O)CCC(=O)Oc1ccncc1. The summed E-state index contributed by atoms with van der Waals surface area (Å²) in [6.45, 7) is 2.03. The third-order valence-corrected chi connectivity index (χ3v) is 1.72. The number of esters is 2. The van der Waals surface area contributed by atoms with E-state index in [1.165, 1.54) is 12.4 Å². The maximum Gasteiger partial charge on any atom is 0.311 e. The quantitative estimate of drug-likeness (QED) is 0.704. The Balaban J connectivity index is 2.29. The Morgan fingerprint density at radius 2 is 1.81 bits per heavy atom. The lowest BCUT2D eigenvalue weighted by Gasteiger charge is -2.03. The van der Waals surface area contributed by atoms with Gasteiger partial charge < -0.3 is 9.47 Å². The molecule has 1 aromatic heterocycles. The molecule has 1 aromatic rings. The number of carbonyl (C=O) groups excluding carboxylic acids is 2. The summed E-state index contributed by atoms with van der Waals surface area (Å²) in [4.78, 5) is 26.0. The summed E-state index contributed by atoms with van der Waals surface area (Å²) in [6.07, 6.45) is 3.10. The van der Waals surface area contributed by atoms with Crippen LogP contribution in [0.1, 0.15) is 19.8 Å². The highest BCUT2D eigenvalue weighted by molar-refractivity contribution is 5.78. The summed E-state index contributed by atoms with van der Waals surface area (Å²) in [5.41, 5.74) is 0. The van der Waals surface area contributed by atoms with Crippen molar-refractivity contribution in [3.63, 3.8) is 0 Å². The first-order valence-corrected chi connectivity index (χ1v) is 4.98. The fourth-order valence-corrected chi connectivity index (χ4v) is 1.03. The molecule has 0 unspecified atom stereocenters. The molecule has 0 N–H and O–H groups in total. The largest absolute Gasteiger partial charge is 0.466 e. The van der Waals surface area contributed by atoms with E-state index in [0.717, 1.165) is 0 Å². The number of nitrogens with zero attached hydrogens (tertiary/aromatic N) is 1. The van der Waals surface area contributed by atoms with Gasteiger partial charge in [-0.2, -0.15) is 0 Å². The maximum absolute atomic E-state index is 11.3.